The lowest BCUT2D eigenvalue weighted by molar-refractivity contribution is 0.283. The Kier molecular flexibility index (Phi) is 7.51. The molecule has 0 amide bonds. The molecule has 10 heteroatoms. The average Bonchev–Trinajstić information content (AvgIpc) is 2.83. The highest BCUT2D eigenvalue weighted by Gasteiger charge is 2.19. The van der Waals surface area contributed by atoms with Gasteiger partial charge in [-0.15, -0.1) is 0 Å². The minimum absolute atomic E-state index is 0.0158. The number of halogens is 4. The van der Waals surface area contributed by atoms with Crippen LogP contribution in [-0.4, -0.2) is 19.5 Å². The molecule has 0 unspecified atom stereocenters. The van der Waals surface area contributed by atoms with Crippen LogP contribution in [0.15, 0.2) is 51.9 Å². The Bertz CT molecular complexity index is 1530. The van der Waals surface area contributed by atoms with E-state index < -0.39 is 17.2 Å². The molecule has 0 radical (unpaired) electrons. The van der Waals surface area contributed by atoms with Gasteiger partial charge in [0.2, 0.25) is 5.88 Å². The van der Waals surface area contributed by atoms with Crippen molar-refractivity contribution in [1.29, 1.82) is 0 Å². The predicted octanol–water partition coefficient (Wildman–Crippen LogP) is 6.70. The molecule has 0 bridgehead atoms. The molecule has 0 fully saturated rings. The highest BCUT2D eigenvalue weighted by Crippen LogP contribution is 2.30. The minimum atomic E-state index is -0.750. The van der Waals surface area contributed by atoms with Crippen LogP contribution in [0.4, 0.5) is 8.78 Å². The molecule has 0 aliphatic heterocycles. The number of aromatic nitrogens is 4. The zero-order valence-corrected chi connectivity index (χ0v) is 22.3. The molecular formula is C26H22BrClF2N4O2. The summed E-state index contributed by atoms with van der Waals surface area (Å²) in [6.45, 7) is 7.35. The van der Waals surface area contributed by atoms with E-state index in [9.17, 15) is 13.6 Å². The van der Waals surface area contributed by atoms with Crippen LogP contribution in [-0.2, 0) is 6.61 Å². The number of benzene rings is 2. The van der Waals surface area contributed by atoms with Crippen molar-refractivity contribution >= 4 is 27.5 Å². The normalized spacial score (nSPS) is 11.2. The summed E-state index contributed by atoms with van der Waals surface area (Å²) in [7, 11) is 0. The van der Waals surface area contributed by atoms with Crippen molar-refractivity contribution in [3.8, 4) is 22.8 Å². The molecule has 0 saturated carbocycles. The maximum Gasteiger partial charge on any atom is 0.276 e. The predicted molar refractivity (Wildman–Crippen MR) is 138 cm³/mol. The fourth-order valence-corrected chi connectivity index (χ4v) is 4.19. The topological polar surface area (TPSA) is 69.9 Å². The van der Waals surface area contributed by atoms with Crippen LogP contribution >= 0.6 is 27.5 Å². The molecule has 36 heavy (non-hydrogen) atoms. The number of nitrogens with zero attached hydrogens (tertiary/aromatic N) is 4. The summed E-state index contributed by atoms with van der Waals surface area (Å²) in [5, 5.41) is 0.343. The smallest absolute Gasteiger partial charge is 0.276 e. The maximum absolute atomic E-state index is 14.0. The lowest BCUT2D eigenvalue weighted by atomic mass is 10.1. The number of rotatable bonds is 6. The Hall–Kier alpha value is -3.17. The summed E-state index contributed by atoms with van der Waals surface area (Å²) in [4.78, 5) is 26.8. The van der Waals surface area contributed by atoms with Crippen LogP contribution in [0, 0.1) is 25.5 Å². The second-order valence-corrected chi connectivity index (χ2v) is 9.72. The van der Waals surface area contributed by atoms with Crippen LogP contribution in [0.1, 0.15) is 42.5 Å². The molecule has 6 nitrogen and oxygen atoms in total. The molecule has 2 aromatic heterocycles. The summed E-state index contributed by atoms with van der Waals surface area (Å²) in [5.74, 6) is -0.288. The molecule has 0 N–H and O–H groups in total. The SMILES string of the molecule is Cc1cnc(C(C)C)nc1-c1ccc(Cl)c(-n2c(C)nc(OCc3ccc(F)cc3F)c(Br)c2=O)c1. The van der Waals surface area contributed by atoms with E-state index in [0.717, 1.165) is 29.0 Å². The molecule has 2 aromatic carbocycles. The summed E-state index contributed by atoms with van der Waals surface area (Å²) >= 11 is 9.76. The van der Waals surface area contributed by atoms with Crippen LogP contribution in [0.2, 0.25) is 5.02 Å². The zero-order valence-electron chi connectivity index (χ0n) is 19.9. The third-order valence-corrected chi connectivity index (χ3v) is 6.51. The highest BCUT2D eigenvalue weighted by molar-refractivity contribution is 9.10. The fraction of sp³-hybridized carbons (Fsp3) is 0.231. The van der Waals surface area contributed by atoms with Crippen molar-refractivity contribution in [2.75, 3.05) is 0 Å². The van der Waals surface area contributed by atoms with Gasteiger partial charge in [-0.3, -0.25) is 9.36 Å². The standard InChI is InChI=1S/C26H22BrClF2N4O2/c1-13(2)24-31-11-14(3)23(33-24)16-6-8-19(28)21(9-16)34-15(4)32-25(22(27)26(34)35)36-12-17-5-7-18(29)10-20(17)30/h5-11,13H,12H2,1-4H3. The number of hydrogen-bond donors (Lipinski definition) is 0. The third-order valence-electron chi connectivity index (χ3n) is 5.51. The molecule has 0 atom stereocenters. The van der Waals surface area contributed by atoms with E-state index in [1.54, 1.807) is 25.3 Å². The second-order valence-electron chi connectivity index (χ2n) is 8.52. The minimum Gasteiger partial charge on any atom is -0.472 e. The van der Waals surface area contributed by atoms with Gasteiger partial charge >= 0.3 is 0 Å². The Labute approximate surface area is 220 Å². The molecule has 186 valence electrons. The van der Waals surface area contributed by atoms with E-state index in [0.29, 0.717) is 22.4 Å². The fourth-order valence-electron chi connectivity index (χ4n) is 3.60. The number of hydrogen-bond acceptors (Lipinski definition) is 5. The van der Waals surface area contributed by atoms with Gasteiger partial charge in [0.15, 0.2) is 0 Å². The van der Waals surface area contributed by atoms with Crippen molar-refractivity contribution in [2.24, 2.45) is 0 Å². The average molecular weight is 576 g/mol. The lowest BCUT2D eigenvalue weighted by Gasteiger charge is -2.16. The summed E-state index contributed by atoms with van der Waals surface area (Å²) in [5.41, 5.74) is 2.48. The second kappa shape index (κ2) is 10.4. The number of ether oxygens (including phenoxy) is 1. The molecule has 4 rings (SSSR count). The Morgan fingerprint density at radius 3 is 2.56 bits per heavy atom. The summed E-state index contributed by atoms with van der Waals surface area (Å²) in [6.07, 6.45) is 1.78. The van der Waals surface area contributed by atoms with Crippen molar-refractivity contribution in [3.05, 3.63) is 96.9 Å². The van der Waals surface area contributed by atoms with Crippen molar-refractivity contribution < 1.29 is 13.5 Å². The van der Waals surface area contributed by atoms with E-state index >= 15 is 0 Å². The van der Waals surface area contributed by atoms with Gasteiger partial charge < -0.3 is 4.74 Å². The zero-order chi connectivity index (χ0) is 26.1. The van der Waals surface area contributed by atoms with E-state index in [-0.39, 0.29) is 28.4 Å². The van der Waals surface area contributed by atoms with Crippen molar-refractivity contribution in [1.82, 2.24) is 19.5 Å². The van der Waals surface area contributed by atoms with Gasteiger partial charge in [0.1, 0.15) is 34.4 Å². The monoisotopic (exact) mass is 574 g/mol. The van der Waals surface area contributed by atoms with Crippen molar-refractivity contribution in [3.63, 3.8) is 0 Å². The first-order valence-electron chi connectivity index (χ1n) is 11.1. The van der Waals surface area contributed by atoms with E-state index in [1.165, 1.54) is 10.6 Å². The molecule has 0 aliphatic carbocycles. The first-order valence-corrected chi connectivity index (χ1v) is 12.2. The molecule has 0 saturated heterocycles. The van der Waals surface area contributed by atoms with Gasteiger partial charge in [-0.25, -0.2) is 18.7 Å². The Balaban J connectivity index is 1.74. The third kappa shape index (κ3) is 5.17. The van der Waals surface area contributed by atoms with Crippen LogP contribution in [0.3, 0.4) is 0 Å². The lowest BCUT2D eigenvalue weighted by Crippen LogP contribution is -2.24. The summed E-state index contributed by atoms with van der Waals surface area (Å²) < 4.78 is 34.1. The largest absolute Gasteiger partial charge is 0.472 e. The van der Waals surface area contributed by atoms with Gasteiger partial charge in [-0.2, -0.15) is 4.98 Å². The first kappa shape index (κ1) is 25.9. The van der Waals surface area contributed by atoms with Crippen molar-refractivity contribution in [2.45, 2.75) is 40.2 Å². The number of aryl methyl sites for hydroxylation is 2. The van der Waals surface area contributed by atoms with Crippen LogP contribution in [0.25, 0.3) is 16.9 Å². The van der Waals surface area contributed by atoms with Crippen LogP contribution < -0.4 is 10.3 Å². The summed E-state index contributed by atoms with van der Waals surface area (Å²) in [6, 6.07) is 8.48. The van der Waals surface area contributed by atoms with Gasteiger partial charge in [0.25, 0.3) is 5.56 Å². The molecule has 0 spiro atoms. The van der Waals surface area contributed by atoms with Gasteiger partial charge in [0.05, 0.1) is 16.4 Å². The molecular weight excluding hydrogens is 554 g/mol. The van der Waals surface area contributed by atoms with Crippen LogP contribution in [0.5, 0.6) is 5.88 Å². The Morgan fingerprint density at radius 1 is 1.11 bits per heavy atom. The van der Waals surface area contributed by atoms with Gasteiger partial charge in [-0.1, -0.05) is 31.5 Å². The van der Waals surface area contributed by atoms with E-state index in [4.69, 9.17) is 21.3 Å². The first-order chi connectivity index (χ1) is 17.1. The van der Waals surface area contributed by atoms with E-state index in [2.05, 4.69) is 25.9 Å². The Morgan fingerprint density at radius 2 is 1.86 bits per heavy atom. The molecule has 4 aromatic rings. The molecule has 2 heterocycles. The van der Waals surface area contributed by atoms with E-state index in [1.807, 2.05) is 26.8 Å². The highest BCUT2D eigenvalue weighted by atomic mass is 79.9. The maximum atomic E-state index is 14.0. The van der Waals surface area contributed by atoms with Gasteiger partial charge in [0, 0.05) is 29.3 Å². The van der Waals surface area contributed by atoms with Gasteiger partial charge in [-0.05, 0) is 59.6 Å². The molecule has 0 aliphatic rings. The quantitative estimate of drug-likeness (QED) is 0.256.